The number of carbonyl (C=O) groups is 1. The summed E-state index contributed by atoms with van der Waals surface area (Å²) in [7, 11) is 0. The van der Waals surface area contributed by atoms with Gasteiger partial charge >= 0.3 is 23.1 Å². The van der Waals surface area contributed by atoms with E-state index in [1.54, 1.807) is 37.5 Å². The molecule has 4 fully saturated rings. The quantitative estimate of drug-likeness (QED) is 0.0423. The number of aliphatic hydroxyl groups is 1. The maximum Gasteiger partial charge on any atom is 2.00 e. The van der Waals surface area contributed by atoms with Crippen molar-refractivity contribution in [1.29, 1.82) is 0 Å². The number of aromatic nitrogens is 5. The molecule has 6 aliphatic rings. The number of hydrogen-bond donors (Lipinski definition) is 1. The molecule has 16 rings (SSSR count). The van der Waals surface area contributed by atoms with Crippen molar-refractivity contribution in [1.82, 2.24) is 24.7 Å². The first-order valence-corrected chi connectivity index (χ1v) is 33.4. The number of halogens is 4. The van der Waals surface area contributed by atoms with Gasteiger partial charge in [-0.3, -0.25) is 9.98 Å². The molecule has 1 unspecified atom stereocenters. The molecule has 516 valence electrons. The fraction of sp³-hybridized carbons (Fsp3) is 0.291. The van der Waals surface area contributed by atoms with E-state index in [9.17, 15) is 18.7 Å². The SMILES string of the molecule is CC(O)Cc1cc2c(cc1F)CN=C2c1ccnc(N2CCOCC2)c1.Fc1cc2c(cc1CC1OCCO1)c(-c1ccnc(N3CCOCC3)c1)nn2C(c1ccccc1)(c1ccccc1)c1ccccc1.O=CCc1cc2c(cc1F)CN=C2c1ccnc(N2CCOCC2)c1.[Br-].[CH3-].[Mg+2]. The van der Waals surface area contributed by atoms with E-state index in [0.29, 0.717) is 101 Å². The van der Waals surface area contributed by atoms with Crippen LogP contribution < -0.4 is 31.7 Å². The molecule has 0 saturated carbocycles. The number of rotatable bonds is 16. The Balaban J connectivity index is 0.000000162. The van der Waals surface area contributed by atoms with Crippen LogP contribution in [0.25, 0.3) is 22.2 Å². The van der Waals surface area contributed by atoms with Gasteiger partial charge < -0.3 is 72.7 Å². The van der Waals surface area contributed by atoms with E-state index in [4.69, 9.17) is 33.8 Å². The summed E-state index contributed by atoms with van der Waals surface area (Å²) in [6.07, 6.45) is 5.72. The summed E-state index contributed by atoms with van der Waals surface area (Å²) in [5.74, 6) is 1.73. The normalized spacial score (nSPS) is 16.0. The van der Waals surface area contributed by atoms with Crippen LogP contribution >= 0.6 is 0 Å². The number of pyridine rings is 3. The van der Waals surface area contributed by atoms with Gasteiger partial charge in [-0.15, -0.1) is 0 Å². The Bertz CT molecular complexity index is 4440. The van der Waals surface area contributed by atoms with E-state index in [1.807, 2.05) is 108 Å². The third-order valence-electron chi connectivity index (χ3n) is 18.6. The maximum absolute atomic E-state index is 16.3. The van der Waals surface area contributed by atoms with Crippen LogP contribution in [0.5, 0.6) is 0 Å². The molecule has 6 aliphatic heterocycles. The number of nitrogens with zero attached hydrogens (tertiary/aromatic N) is 10. The van der Waals surface area contributed by atoms with E-state index in [1.165, 1.54) is 6.07 Å². The minimum Gasteiger partial charge on any atom is -1.00 e. The topological polar surface area (TPSA) is 174 Å². The van der Waals surface area contributed by atoms with E-state index < -0.39 is 17.9 Å². The summed E-state index contributed by atoms with van der Waals surface area (Å²) in [6, 6.07) is 53.2. The summed E-state index contributed by atoms with van der Waals surface area (Å²) in [4.78, 5) is 40.3. The summed E-state index contributed by atoms with van der Waals surface area (Å²) >= 11 is 0. The molecule has 1 N–H and O–H groups in total. The number of aliphatic hydroxyl groups excluding tert-OH is 1. The van der Waals surface area contributed by atoms with Crippen LogP contribution in [-0.4, -0.2) is 175 Å². The Morgan fingerprint density at radius 2 is 0.950 bits per heavy atom. The predicted molar refractivity (Wildman–Crippen MR) is 383 cm³/mol. The number of anilines is 3. The second kappa shape index (κ2) is 33.9. The maximum atomic E-state index is 16.3. The number of aliphatic imine (C=N–C) groups is 2. The Hall–Kier alpha value is -8.55. The number of benzene rings is 6. The molecule has 17 nitrogen and oxygen atoms in total. The van der Waals surface area contributed by atoms with E-state index in [0.717, 1.165) is 141 Å². The summed E-state index contributed by atoms with van der Waals surface area (Å²) < 4.78 is 74.4. The van der Waals surface area contributed by atoms with Crippen LogP contribution in [0.2, 0.25) is 0 Å². The van der Waals surface area contributed by atoms with Gasteiger partial charge in [-0.1, -0.05) is 91.0 Å². The van der Waals surface area contributed by atoms with Crippen LogP contribution in [0.1, 0.15) is 73.7 Å². The number of hydrogen-bond acceptors (Lipinski definition) is 16. The summed E-state index contributed by atoms with van der Waals surface area (Å²) in [6.45, 7) is 12.5. The smallest absolute Gasteiger partial charge is 1.00 e. The van der Waals surface area contributed by atoms with Gasteiger partial charge in [0, 0.05) is 116 Å². The average molecular weight is 1440 g/mol. The first-order chi connectivity index (χ1) is 48.1. The fourth-order valence-electron chi connectivity index (χ4n) is 13.7. The molecule has 4 saturated heterocycles. The van der Waals surface area contributed by atoms with Gasteiger partial charge in [0.15, 0.2) is 6.29 Å². The van der Waals surface area contributed by atoms with Crippen molar-refractivity contribution >= 4 is 69.1 Å². The largest absolute Gasteiger partial charge is 2.00 e. The Labute approximate surface area is 613 Å². The van der Waals surface area contributed by atoms with Gasteiger partial charge in [0.05, 0.1) is 89.0 Å². The van der Waals surface area contributed by atoms with Crippen molar-refractivity contribution < 1.29 is 63.7 Å². The number of aldehydes is 1. The van der Waals surface area contributed by atoms with Gasteiger partial charge in [-0.2, -0.15) is 5.10 Å². The molecule has 22 heteroatoms. The molecule has 6 aromatic carbocycles. The molecule has 10 aromatic rings. The van der Waals surface area contributed by atoms with Crippen LogP contribution in [-0.2, 0) is 66.4 Å². The van der Waals surface area contributed by atoms with Gasteiger partial charge in [0.1, 0.15) is 52.4 Å². The van der Waals surface area contributed by atoms with Gasteiger partial charge in [-0.05, 0) is 118 Å². The number of carbonyl (C=O) groups excluding carboxylic acids is 1. The van der Waals surface area contributed by atoms with Crippen LogP contribution in [0.3, 0.4) is 0 Å². The van der Waals surface area contributed by atoms with Crippen molar-refractivity contribution in [2.45, 2.75) is 57.2 Å². The molecule has 0 aliphatic carbocycles. The van der Waals surface area contributed by atoms with Crippen LogP contribution in [0, 0.1) is 24.9 Å². The van der Waals surface area contributed by atoms with Gasteiger partial charge in [-0.25, -0.2) is 32.8 Å². The number of morpholine rings is 3. The number of ether oxygens (including phenoxy) is 5. The van der Waals surface area contributed by atoms with E-state index in [-0.39, 0.29) is 71.3 Å². The molecular weight excluding hydrogens is 1360 g/mol. The third kappa shape index (κ3) is 16.1. The first-order valence-electron chi connectivity index (χ1n) is 33.4. The van der Waals surface area contributed by atoms with E-state index >= 15 is 4.39 Å². The summed E-state index contributed by atoms with van der Waals surface area (Å²) in [5, 5.41) is 15.9. The summed E-state index contributed by atoms with van der Waals surface area (Å²) in [5.41, 5.74) is 13.1. The van der Waals surface area contributed by atoms with Crippen molar-refractivity contribution in [3.8, 4) is 11.3 Å². The molecule has 101 heavy (non-hydrogen) atoms. The first kappa shape index (κ1) is 73.7. The molecule has 0 spiro atoms. The molecule has 10 heterocycles. The van der Waals surface area contributed by atoms with Crippen molar-refractivity contribution in [3.63, 3.8) is 0 Å². The van der Waals surface area contributed by atoms with Crippen molar-refractivity contribution in [2.75, 3.05) is 107 Å². The predicted octanol–water partition coefficient (Wildman–Crippen LogP) is 8.38. The minimum absolute atomic E-state index is 0. The molecule has 4 aromatic heterocycles. The van der Waals surface area contributed by atoms with Crippen LogP contribution in [0.15, 0.2) is 192 Å². The fourth-order valence-corrected chi connectivity index (χ4v) is 13.7. The third-order valence-corrected chi connectivity index (χ3v) is 18.6. The van der Waals surface area contributed by atoms with Gasteiger partial charge in [0.25, 0.3) is 0 Å². The second-order valence-electron chi connectivity index (χ2n) is 24.9. The molecule has 1 atom stereocenters. The van der Waals surface area contributed by atoms with Gasteiger partial charge in [0.2, 0.25) is 0 Å². The second-order valence-corrected chi connectivity index (χ2v) is 24.9. The van der Waals surface area contributed by atoms with Crippen LogP contribution in [0.4, 0.5) is 30.6 Å². The molecule has 0 amide bonds. The number of fused-ring (bicyclic) bond motifs is 3. The zero-order valence-corrected chi connectivity index (χ0v) is 59.6. The average Bonchev–Trinajstić information content (AvgIpc) is 1.62. The van der Waals surface area contributed by atoms with E-state index in [2.05, 4.69) is 77.1 Å². The molecular formula is C79H78BrF3MgN10O7. The Morgan fingerprint density at radius 3 is 1.40 bits per heavy atom. The Morgan fingerprint density at radius 1 is 0.535 bits per heavy atom. The monoisotopic (exact) mass is 1440 g/mol. The van der Waals surface area contributed by atoms with Crippen molar-refractivity contribution in [2.24, 2.45) is 9.98 Å². The zero-order valence-electron chi connectivity index (χ0n) is 56.6. The van der Waals surface area contributed by atoms with Crippen molar-refractivity contribution in [3.05, 3.63) is 274 Å². The Kier molecular flexibility index (Phi) is 24.8. The molecule has 0 bridgehead atoms. The molecule has 0 radical (unpaired) electrons. The minimum atomic E-state index is -0.925. The standard InChI is InChI=1S/C39H35FN4O3.C20H22FN3O2.C19H18FN3O2.CH3.BrH.Mg/c40-34-27-35-33(24-29(34)26-37-46-22-23-47-37)38(28-16-17-41-36(25-28)43-18-20-45-21-19-43)42-44(35)39(30-10-4-1-5-11-30,31-12-6-2-7-13-31)32-14-8-3-9-15-32;1-13(25)8-15-9-17-16(10-18(15)21)12-23-20(17)14-2-3-22-19(11-14)24-4-6-26-7-5-24;20-17-10-15-12-22-19(16(15)9-13(17)2-6-24)14-1-3-21-18(11-14)23-4-7-25-8-5-23;;;/h1-17,24-25,27,37H,18-23,26H2;2-3,9-11,13,25H,4-8,12H2,1H3;1,3,6,9-11H,2,4-5,7-8,12H2;1H3;1H;/q;;;-1;;+2/p-1. The zero-order chi connectivity index (χ0) is 67.0.